The van der Waals surface area contributed by atoms with Crippen LogP contribution in [-0.4, -0.2) is 13.5 Å². The Hall–Kier alpha value is -2.76. The lowest BCUT2D eigenvalue weighted by Gasteiger charge is -2.06. The fraction of sp³-hybridized carbons (Fsp3) is 0.143. The summed E-state index contributed by atoms with van der Waals surface area (Å²) in [4.78, 5) is 0. The van der Waals surface area contributed by atoms with Crippen molar-refractivity contribution in [2.75, 3.05) is 24.9 Å². The van der Waals surface area contributed by atoms with E-state index in [9.17, 15) is 0 Å². The Morgan fingerprint density at radius 1 is 0.700 bits per heavy atom. The minimum atomic E-state index is 0.0852. The summed E-state index contributed by atoms with van der Waals surface area (Å²) in [5.74, 6) is 1.17. The van der Waals surface area contributed by atoms with E-state index in [1.54, 1.807) is 24.3 Å². The highest BCUT2D eigenvalue weighted by atomic mass is 16.5. The monoisotopic (exact) mass is 272 g/mol. The van der Waals surface area contributed by atoms with Crippen molar-refractivity contribution in [1.29, 1.82) is 0 Å². The molecule has 0 aromatic heterocycles. The molecule has 0 unspecified atom stereocenters. The predicted octanol–water partition coefficient (Wildman–Crippen LogP) is 2.68. The second-order valence-corrected chi connectivity index (χ2v) is 3.91. The van der Waals surface area contributed by atoms with E-state index in [2.05, 4.69) is 10.2 Å². The molecule has 0 atom stereocenters. The first-order valence-electron chi connectivity index (χ1n) is 6.05. The van der Waals surface area contributed by atoms with Crippen LogP contribution >= 0.6 is 0 Å². The van der Waals surface area contributed by atoms with Gasteiger partial charge in [-0.05, 0) is 24.3 Å². The highest BCUT2D eigenvalue weighted by Gasteiger charge is 1.97. The number of rotatable bonds is 6. The van der Waals surface area contributed by atoms with Gasteiger partial charge in [0.25, 0.3) is 0 Å². The van der Waals surface area contributed by atoms with Crippen molar-refractivity contribution in [3.8, 4) is 11.5 Å². The van der Waals surface area contributed by atoms with Gasteiger partial charge in [0.1, 0.15) is 11.5 Å². The Morgan fingerprint density at radius 2 is 1.10 bits per heavy atom. The van der Waals surface area contributed by atoms with Crippen molar-refractivity contribution in [1.82, 2.24) is 0 Å². The second kappa shape index (κ2) is 6.98. The van der Waals surface area contributed by atoms with Gasteiger partial charge in [-0.1, -0.05) is 24.3 Å². The number of hydrogen-bond acceptors (Lipinski definition) is 6. The highest BCUT2D eigenvalue weighted by molar-refractivity contribution is 5.52. The van der Waals surface area contributed by atoms with Crippen LogP contribution in [0.5, 0.6) is 11.5 Å². The number of hydrogen-bond donors (Lipinski definition) is 2. The van der Waals surface area contributed by atoms with Crippen molar-refractivity contribution in [2.45, 2.75) is 0 Å². The summed E-state index contributed by atoms with van der Waals surface area (Å²) in [6, 6.07) is 14.4. The molecule has 2 aromatic carbocycles. The fourth-order valence-electron chi connectivity index (χ4n) is 1.50. The van der Waals surface area contributed by atoms with Crippen molar-refractivity contribution in [3.63, 3.8) is 0 Å². The first-order valence-corrected chi connectivity index (χ1v) is 6.05. The topological polar surface area (TPSA) is 95.2 Å². The van der Waals surface area contributed by atoms with Crippen molar-refractivity contribution in [3.05, 3.63) is 48.5 Å². The van der Waals surface area contributed by atoms with Crippen LogP contribution in [0.15, 0.2) is 58.8 Å². The number of ether oxygens (including phenoxy) is 2. The molecule has 0 aliphatic heterocycles. The number of nitrogens with zero attached hydrogens (tertiary/aromatic N) is 2. The van der Waals surface area contributed by atoms with Gasteiger partial charge >= 0.3 is 0 Å². The second-order valence-electron chi connectivity index (χ2n) is 3.91. The molecule has 6 heteroatoms. The van der Waals surface area contributed by atoms with Gasteiger partial charge in [0, 0.05) is 0 Å². The van der Waals surface area contributed by atoms with Crippen LogP contribution in [0, 0.1) is 0 Å². The minimum absolute atomic E-state index is 0.0852. The quantitative estimate of drug-likeness (QED) is 0.624. The first-order chi connectivity index (χ1) is 9.77. The smallest absolute Gasteiger partial charge is 0.198 e. The minimum Gasteiger partial charge on any atom is -0.467 e. The third-order valence-electron chi connectivity index (χ3n) is 2.49. The molecule has 0 heterocycles. The highest BCUT2D eigenvalue weighted by Crippen LogP contribution is 2.20. The zero-order valence-electron chi connectivity index (χ0n) is 10.9. The average Bonchev–Trinajstić information content (AvgIpc) is 2.46. The SMILES string of the molecule is Nc1ccccc1OCN=NCOc1ccccc1N. The molecule has 0 saturated heterocycles. The number of anilines is 2. The molecular weight excluding hydrogens is 256 g/mol. The van der Waals surface area contributed by atoms with Crippen LogP contribution in [0.2, 0.25) is 0 Å². The van der Waals surface area contributed by atoms with Crippen LogP contribution in [0.3, 0.4) is 0 Å². The lowest BCUT2D eigenvalue weighted by molar-refractivity contribution is 0.293. The van der Waals surface area contributed by atoms with E-state index in [4.69, 9.17) is 20.9 Å². The van der Waals surface area contributed by atoms with Crippen LogP contribution in [0.4, 0.5) is 11.4 Å². The van der Waals surface area contributed by atoms with Crippen molar-refractivity contribution >= 4 is 11.4 Å². The van der Waals surface area contributed by atoms with Gasteiger partial charge in [0.05, 0.1) is 11.4 Å². The Bertz CT molecular complexity index is 535. The van der Waals surface area contributed by atoms with E-state index in [0.29, 0.717) is 22.9 Å². The van der Waals surface area contributed by atoms with Gasteiger partial charge in [-0.3, -0.25) is 0 Å². The summed E-state index contributed by atoms with van der Waals surface area (Å²) in [6.07, 6.45) is 0. The Morgan fingerprint density at radius 3 is 1.50 bits per heavy atom. The van der Waals surface area contributed by atoms with E-state index in [1.807, 2.05) is 24.3 Å². The summed E-state index contributed by atoms with van der Waals surface area (Å²) in [7, 11) is 0. The van der Waals surface area contributed by atoms with Crippen LogP contribution in [0.1, 0.15) is 0 Å². The third-order valence-corrected chi connectivity index (χ3v) is 2.49. The normalized spacial score (nSPS) is 10.6. The van der Waals surface area contributed by atoms with E-state index in [0.717, 1.165) is 0 Å². The lowest BCUT2D eigenvalue weighted by atomic mass is 10.3. The van der Waals surface area contributed by atoms with Crippen LogP contribution < -0.4 is 20.9 Å². The number of benzene rings is 2. The number of nitrogens with two attached hydrogens (primary N) is 2. The summed E-state index contributed by atoms with van der Waals surface area (Å²) >= 11 is 0. The van der Waals surface area contributed by atoms with E-state index in [1.165, 1.54) is 0 Å². The molecule has 4 N–H and O–H groups in total. The Balaban J connectivity index is 1.73. The summed E-state index contributed by atoms with van der Waals surface area (Å²) in [6.45, 7) is 0.170. The third kappa shape index (κ3) is 3.88. The maximum absolute atomic E-state index is 5.72. The van der Waals surface area contributed by atoms with E-state index < -0.39 is 0 Å². The molecule has 0 aliphatic carbocycles. The molecule has 0 radical (unpaired) electrons. The molecule has 0 amide bonds. The molecule has 0 spiro atoms. The van der Waals surface area contributed by atoms with Crippen molar-refractivity contribution < 1.29 is 9.47 Å². The summed E-state index contributed by atoms with van der Waals surface area (Å²) < 4.78 is 10.7. The number of nitrogen functional groups attached to an aromatic ring is 2. The molecule has 0 fully saturated rings. The first kappa shape index (κ1) is 13.7. The number of para-hydroxylation sites is 4. The predicted molar refractivity (Wildman–Crippen MR) is 77.6 cm³/mol. The zero-order valence-corrected chi connectivity index (χ0v) is 10.9. The van der Waals surface area contributed by atoms with Gasteiger partial charge in [-0.25, -0.2) is 0 Å². The van der Waals surface area contributed by atoms with Crippen molar-refractivity contribution in [2.24, 2.45) is 10.2 Å². The lowest BCUT2D eigenvalue weighted by Crippen LogP contribution is -1.99. The average molecular weight is 272 g/mol. The standard InChI is InChI=1S/C14H16N4O2/c15-11-5-1-3-7-13(11)19-9-17-18-10-20-14-8-4-2-6-12(14)16/h1-8H,9-10,15-16H2. The molecule has 104 valence electrons. The van der Waals surface area contributed by atoms with Crippen LogP contribution in [-0.2, 0) is 0 Å². The Labute approximate surface area is 117 Å². The summed E-state index contributed by atoms with van der Waals surface area (Å²) in [5, 5.41) is 7.67. The van der Waals surface area contributed by atoms with Gasteiger partial charge in [-0.2, -0.15) is 0 Å². The molecule has 0 bridgehead atoms. The largest absolute Gasteiger partial charge is 0.467 e. The molecule has 2 rings (SSSR count). The molecule has 0 aliphatic rings. The zero-order chi connectivity index (χ0) is 14.2. The van der Waals surface area contributed by atoms with Gasteiger partial charge < -0.3 is 20.9 Å². The van der Waals surface area contributed by atoms with Gasteiger partial charge in [0.2, 0.25) is 0 Å². The molecule has 20 heavy (non-hydrogen) atoms. The van der Waals surface area contributed by atoms with Crippen LogP contribution in [0.25, 0.3) is 0 Å². The molecule has 6 nitrogen and oxygen atoms in total. The molecular formula is C14H16N4O2. The summed E-state index contributed by atoms with van der Waals surface area (Å²) in [5.41, 5.74) is 12.6. The molecule has 2 aromatic rings. The maximum Gasteiger partial charge on any atom is 0.198 e. The molecule has 0 saturated carbocycles. The van der Waals surface area contributed by atoms with E-state index in [-0.39, 0.29) is 13.5 Å². The fourth-order valence-corrected chi connectivity index (χ4v) is 1.50. The maximum atomic E-state index is 5.72. The number of azo groups is 1. The Kier molecular flexibility index (Phi) is 4.77. The van der Waals surface area contributed by atoms with E-state index >= 15 is 0 Å². The van der Waals surface area contributed by atoms with Gasteiger partial charge in [0.15, 0.2) is 13.5 Å². The van der Waals surface area contributed by atoms with Gasteiger partial charge in [-0.15, -0.1) is 10.2 Å².